The molecule has 7 nitrogen and oxygen atoms in total. The molecule has 4 rings (SSSR count). The van der Waals surface area contributed by atoms with E-state index < -0.39 is 0 Å². The summed E-state index contributed by atoms with van der Waals surface area (Å²) in [6.07, 6.45) is 1.11. The van der Waals surface area contributed by atoms with Gasteiger partial charge in [-0.1, -0.05) is 41.4 Å². The molecule has 0 atom stereocenters. The molecule has 0 aliphatic carbocycles. The van der Waals surface area contributed by atoms with Crippen LogP contribution in [0.5, 0.6) is 22.4 Å². The number of hydrogen-bond acceptors (Lipinski definition) is 7. The van der Waals surface area contributed by atoms with E-state index in [4.69, 9.17) is 37.4 Å². The molecule has 0 bridgehead atoms. The fourth-order valence-corrected chi connectivity index (χ4v) is 4.51. The molecule has 36 heavy (non-hydrogen) atoms. The number of rotatable bonds is 10. The lowest BCUT2D eigenvalue weighted by atomic mass is 10.1. The van der Waals surface area contributed by atoms with E-state index in [0.29, 0.717) is 57.5 Å². The molecule has 1 amide bonds. The molecule has 0 spiro atoms. The smallest absolute Gasteiger partial charge is 0.298 e. The molecule has 0 unspecified atom stereocenters. The lowest BCUT2D eigenvalue weighted by Gasteiger charge is -2.11. The first-order chi connectivity index (χ1) is 17.4. The molecule has 0 fully saturated rings. The summed E-state index contributed by atoms with van der Waals surface area (Å²) < 4.78 is 21.0. The second-order valence-corrected chi connectivity index (χ2v) is 9.27. The van der Waals surface area contributed by atoms with Gasteiger partial charge < -0.3 is 19.5 Å². The maximum Gasteiger partial charge on any atom is 0.298 e. The maximum absolute atomic E-state index is 12.7. The highest BCUT2D eigenvalue weighted by molar-refractivity contribution is 7.07. The van der Waals surface area contributed by atoms with Gasteiger partial charge in [-0.15, -0.1) is 0 Å². The van der Waals surface area contributed by atoms with Crippen molar-refractivity contribution in [1.29, 1.82) is 0 Å². The van der Waals surface area contributed by atoms with E-state index in [2.05, 4.69) is 14.7 Å². The Kier molecular flexibility index (Phi) is 8.64. The second kappa shape index (κ2) is 12.1. The first kappa shape index (κ1) is 25.8. The predicted octanol–water partition coefficient (Wildman–Crippen LogP) is 6.22. The van der Waals surface area contributed by atoms with Crippen molar-refractivity contribution in [2.45, 2.75) is 12.8 Å². The molecule has 186 valence electrons. The van der Waals surface area contributed by atoms with Crippen molar-refractivity contribution in [3.8, 4) is 22.4 Å². The minimum atomic E-state index is -0.247. The van der Waals surface area contributed by atoms with Crippen LogP contribution in [0, 0.1) is 0 Å². The molecular weight excluding hydrogens is 521 g/mol. The number of halogens is 2. The van der Waals surface area contributed by atoms with Crippen LogP contribution in [0.4, 0.5) is 0 Å². The minimum absolute atomic E-state index is 0.247. The van der Waals surface area contributed by atoms with Crippen molar-refractivity contribution in [2.24, 2.45) is 0 Å². The van der Waals surface area contributed by atoms with Crippen molar-refractivity contribution >= 4 is 40.6 Å². The van der Waals surface area contributed by atoms with Gasteiger partial charge in [0.05, 0.1) is 14.2 Å². The monoisotopic (exact) mass is 543 g/mol. The number of benzene rings is 3. The van der Waals surface area contributed by atoms with Gasteiger partial charge in [-0.2, -0.15) is 9.36 Å². The van der Waals surface area contributed by atoms with Crippen molar-refractivity contribution in [3.63, 3.8) is 0 Å². The second-order valence-electron chi connectivity index (χ2n) is 7.71. The Labute approximate surface area is 223 Å². The topological polar surface area (TPSA) is 82.6 Å². The zero-order valence-corrected chi connectivity index (χ0v) is 21.9. The van der Waals surface area contributed by atoms with E-state index in [1.807, 2.05) is 30.3 Å². The van der Waals surface area contributed by atoms with Crippen LogP contribution in [0.2, 0.25) is 10.0 Å². The highest BCUT2D eigenvalue weighted by Crippen LogP contribution is 2.33. The normalized spacial score (nSPS) is 10.7. The summed E-state index contributed by atoms with van der Waals surface area (Å²) in [6.45, 7) is 0.409. The van der Waals surface area contributed by atoms with Gasteiger partial charge >= 0.3 is 0 Å². The number of hydrogen-bond donors (Lipinski definition) is 1. The molecule has 1 aromatic heterocycles. The highest BCUT2D eigenvalue weighted by Gasteiger charge is 2.15. The SMILES string of the molecule is COc1cccc(Cc2nsc(Oc3cc(C(=O)NCCc4ccc(Cl)cc4Cl)ccc3OC)n2)c1. The molecule has 10 heteroatoms. The Bertz CT molecular complexity index is 1360. The van der Waals surface area contributed by atoms with Crippen LogP contribution >= 0.6 is 34.7 Å². The number of nitrogens with one attached hydrogen (secondary N) is 1. The van der Waals surface area contributed by atoms with Crippen LogP contribution in [-0.2, 0) is 12.8 Å². The maximum atomic E-state index is 12.7. The van der Waals surface area contributed by atoms with Gasteiger partial charge in [0, 0.05) is 40.1 Å². The number of methoxy groups -OCH3 is 2. The molecule has 0 radical (unpaired) electrons. The predicted molar refractivity (Wildman–Crippen MR) is 141 cm³/mol. The Balaban J connectivity index is 1.41. The molecule has 4 aromatic rings. The summed E-state index contributed by atoms with van der Waals surface area (Å²) in [5.41, 5.74) is 2.35. The summed E-state index contributed by atoms with van der Waals surface area (Å²) >= 11 is 13.3. The molecule has 3 aromatic carbocycles. The van der Waals surface area contributed by atoms with Gasteiger partial charge in [0.25, 0.3) is 11.1 Å². The Morgan fingerprint density at radius 3 is 2.64 bits per heavy atom. The van der Waals surface area contributed by atoms with Crippen LogP contribution in [0.3, 0.4) is 0 Å². The zero-order chi connectivity index (χ0) is 25.5. The summed E-state index contributed by atoms with van der Waals surface area (Å²) in [7, 11) is 3.16. The van der Waals surface area contributed by atoms with Crippen LogP contribution < -0.4 is 19.5 Å². The molecule has 0 saturated heterocycles. The van der Waals surface area contributed by atoms with Gasteiger partial charge in [-0.05, 0) is 60.0 Å². The third-order valence-electron chi connectivity index (χ3n) is 5.26. The lowest BCUT2D eigenvalue weighted by Crippen LogP contribution is -2.25. The number of ether oxygens (including phenoxy) is 3. The van der Waals surface area contributed by atoms with Crippen molar-refractivity contribution in [3.05, 3.63) is 93.2 Å². The fourth-order valence-electron chi connectivity index (χ4n) is 3.45. The molecule has 0 aliphatic heterocycles. The van der Waals surface area contributed by atoms with E-state index in [1.165, 1.54) is 7.11 Å². The summed E-state index contributed by atoms with van der Waals surface area (Å²) in [6, 6.07) is 18.0. The third kappa shape index (κ3) is 6.66. The quantitative estimate of drug-likeness (QED) is 0.255. The Morgan fingerprint density at radius 1 is 1.00 bits per heavy atom. The zero-order valence-electron chi connectivity index (χ0n) is 19.6. The van der Waals surface area contributed by atoms with Gasteiger partial charge in [-0.3, -0.25) is 4.79 Å². The lowest BCUT2D eigenvalue weighted by molar-refractivity contribution is 0.0953. The standard InChI is InChI=1S/C26H23Cl2N3O4S/c1-33-20-5-3-4-16(12-20)13-24-30-26(36-31-24)35-23-14-18(7-9-22(23)34-2)25(32)29-11-10-17-6-8-19(27)15-21(17)28/h3-9,12,14-15H,10-11,13H2,1-2H3,(H,29,32). The van der Waals surface area contributed by atoms with E-state index in [0.717, 1.165) is 28.4 Å². The van der Waals surface area contributed by atoms with E-state index in [9.17, 15) is 4.79 Å². The summed E-state index contributed by atoms with van der Waals surface area (Å²) in [4.78, 5) is 17.2. The largest absolute Gasteiger partial charge is 0.497 e. The van der Waals surface area contributed by atoms with Crippen LogP contribution in [0.15, 0.2) is 60.7 Å². The number of nitrogens with zero attached hydrogens (tertiary/aromatic N) is 2. The molecule has 1 heterocycles. The van der Waals surface area contributed by atoms with E-state index in [-0.39, 0.29) is 5.91 Å². The molecule has 0 aliphatic rings. The van der Waals surface area contributed by atoms with Crippen LogP contribution in [0.25, 0.3) is 0 Å². The number of amides is 1. The van der Waals surface area contributed by atoms with Crippen molar-refractivity contribution in [1.82, 2.24) is 14.7 Å². The molecular formula is C26H23Cl2N3O4S. The average Bonchev–Trinajstić information content (AvgIpc) is 3.31. The van der Waals surface area contributed by atoms with Crippen LogP contribution in [-0.4, -0.2) is 36.0 Å². The fraction of sp³-hybridized carbons (Fsp3) is 0.192. The first-order valence-electron chi connectivity index (χ1n) is 11.0. The average molecular weight is 544 g/mol. The summed E-state index contributed by atoms with van der Waals surface area (Å²) in [5.74, 6) is 2.00. The minimum Gasteiger partial charge on any atom is -0.497 e. The number of aromatic nitrogens is 2. The first-order valence-corrected chi connectivity index (χ1v) is 12.5. The molecule has 0 saturated carbocycles. The highest BCUT2D eigenvalue weighted by atomic mass is 35.5. The van der Waals surface area contributed by atoms with Gasteiger partial charge in [0.15, 0.2) is 17.3 Å². The van der Waals surface area contributed by atoms with Gasteiger partial charge in [-0.25, -0.2) is 0 Å². The Hall–Kier alpha value is -3.33. The Morgan fingerprint density at radius 2 is 1.86 bits per heavy atom. The van der Waals surface area contributed by atoms with E-state index >= 15 is 0 Å². The number of carbonyl (C=O) groups is 1. The third-order valence-corrected chi connectivity index (χ3v) is 6.48. The van der Waals surface area contributed by atoms with Gasteiger partial charge in [0.1, 0.15) is 5.75 Å². The molecule has 1 N–H and O–H groups in total. The number of carbonyl (C=O) groups excluding carboxylic acids is 1. The van der Waals surface area contributed by atoms with E-state index in [1.54, 1.807) is 37.4 Å². The van der Waals surface area contributed by atoms with Gasteiger partial charge in [0.2, 0.25) is 0 Å². The van der Waals surface area contributed by atoms with Crippen LogP contribution in [0.1, 0.15) is 27.3 Å². The van der Waals surface area contributed by atoms with Crippen molar-refractivity contribution < 1.29 is 19.0 Å². The summed E-state index contributed by atoms with van der Waals surface area (Å²) in [5, 5.41) is 4.38. The van der Waals surface area contributed by atoms with Crippen molar-refractivity contribution in [2.75, 3.05) is 20.8 Å².